The number of benzene rings is 1. The van der Waals surface area contributed by atoms with Gasteiger partial charge in [-0.1, -0.05) is 35.3 Å². The smallest absolute Gasteiger partial charge is 0.260 e. The van der Waals surface area contributed by atoms with Crippen molar-refractivity contribution in [1.29, 1.82) is 0 Å². The van der Waals surface area contributed by atoms with E-state index in [1.54, 1.807) is 18.2 Å². The number of halogens is 2. The molecular weight excluding hydrogens is 249 g/mol. The van der Waals surface area contributed by atoms with Gasteiger partial charge in [-0.25, -0.2) is 4.98 Å². The van der Waals surface area contributed by atoms with Crippen LogP contribution in [0.1, 0.15) is 0 Å². The number of nitrogens with zero attached hydrogens (tertiary/aromatic N) is 1. The van der Waals surface area contributed by atoms with E-state index in [0.717, 1.165) is 0 Å². The summed E-state index contributed by atoms with van der Waals surface area (Å²) in [6, 6.07) is 5.04. The van der Waals surface area contributed by atoms with Crippen molar-refractivity contribution in [2.45, 2.75) is 0 Å². The van der Waals surface area contributed by atoms with Gasteiger partial charge in [0.05, 0.1) is 15.6 Å². The largest absolute Gasteiger partial charge is 0.369 e. The third-order valence-electron chi connectivity index (χ3n) is 2.06. The third kappa shape index (κ3) is 1.89. The highest BCUT2D eigenvalue weighted by Crippen LogP contribution is 2.31. The van der Waals surface area contributed by atoms with Gasteiger partial charge in [0.15, 0.2) is 5.95 Å². The van der Waals surface area contributed by atoms with Crippen molar-refractivity contribution in [1.82, 2.24) is 9.97 Å². The highest BCUT2D eigenvalue weighted by Gasteiger charge is 2.10. The highest BCUT2D eigenvalue weighted by atomic mass is 35.5. The maximum atomic E-state index is 11.6. The number of H-pyrrole nitrogens is 1. The highest BCUT2D eigenvalue weighted by molar-refractivity contribution is 6.43. The van der Waals surface area contributed by atoms with Crippen LogP contribution in [-0.2, 0) is 0 Å². The summed E-state index contributed by atoms with van der Waals surface area (Å²) in [6.45, 7) is 0. The standard InChI is InChI=1S/C10H7Cl2N3O/c11-7-3-1-2-5(8(7)12)6-4-14-10(13)15-9(6)16/h1-4H,(H3,13,14,15,16). The van der Waals surface area contributed by atoms with E-state index in [2.05, 4.69) is 9.97 Å². The quantitative estimate of drug-likeness (QED) is 0.822. The molecule has 0 amide bonds. The summed E-state index contributed by atoms with van der Waals surface area (Å²) < 4.78 is 0. The minimum absolute atomic E-state index is 0.0619. The summed E-state index contributed by atoms with van der Waals surface area (Å²) in [7, 11) is 0. The molecule has 0 atom stereocenters. The number of nitrogen functional groups attached to an aromatic ring is 1. The van der Waals surface area contributed by atoms with Gasteiger partial charge in [-0.15, -0.1) is 0 Å². The Hall–Kier alpha value is -1.52. The van der Waals surface area contributed by atoms with Crippen LogP contribution in [-0.4, -0.2) is 9.97 Å². The van der Waals surface area contributed by atoms with Crippen LogP contribution in [0.5, 0.6) is 0 Å². The van der Waals surface area contributed by atoms with Crippen LogP contribution < -0.4 is 11.3 Å². The molecular formula is C10H7Cl2N3O. The molecule has 1 heterocycles. The van der Waals surface area contributed by atoms with Gasteiger partial charge in [-0.05, 0) is 6.07 Å². The van der Waals surface area contributed by atoms with Crippen molar-refractivity contribution in [3.8, 4) is 11.1 Å². The molecule has 82 valence electrons. The van der Waals surface area contributed by atoms with Crippen molar-refractivity contribution < 1.29 is 0 Å². The van der Waals surface area contributed by atoms with Crippen LogP contribution in [0.4, 0.5) is 5.95 Å². The van der Waals surface area contributed by atoms with E-state index in [0.29, 0.717) is 21.2 Å². The molecule has 16 heavy (non-hydrogen) atoms. The normalized spacial score (nSPS) is 10.4. The Bertz CT molecular complexity index is 595. The van der Waals surface area contributed by atoms with Gasteiger partial charge in [0.1, 0.15) is 0 Å². The summed E-state index contributed by atoms with van der Waals surface area (Å²) in [5.41, 5.74) is 5.86. The van der Waals surface area contributed by atoms with Crippen LogP contribution in [0.25, 0.3) is 11.1 Å². The molecule has 0 spiro atoms. The molecule has 0 bridgehead atoms. The first-order valence-electron chi connectivity index (χ1n) is 4.39. The van der Waals surface area contributed by atoms with E-state index in [9.17, 15) is 4.79 Å². The minimum atomic E-state index is -0.350. The molecule has 0 aliphatic heterocycles. The van der Waals surface area contributed by atoms with Crippen molar-refractivity contribution in [3.05, 3.63) is 44.8 Å². The lowest BCUT2D eigenvalue weighted by Crippen LogP contribution is -2.12. The number of hydrogen-bond donors (Lipinski definition) is 2. The number of anilines is 1. The topological polar surface area (TPSA) is 71.8 Å². The molecule has 0 saturated heterocycles. The Labute approximate surface area is 101 Å². The maximum Gasteiger partial charge on any atom is 0.260 e. The Kier molecular flexibility index (Phi) is 2.85. The predicted octanol–water partition coefficient (Wildman–Crippen LogP) is 2.33. The summed E-state index contributed by atoms with van der Waals surface area (Å²) in [6.07, 6.45) is 1.37. The number of hydrogen-bond acceptors (Lipinski definition) is 3. The van der Waals surface area contributed by atoms with E-state index < -0.39 is 0 Å². The van der Waals surface area contributed by atoms with E-state index in [1.165, 1.54) is 6.20 Å². The Morgan fingerprint density at radius 2 is 2.00 bits per heavy atom. The Morgan fingerprint density at radius 1 is 1.25 bits per heavy atom. The molecule has 0 aliphatic carbocycles. The van der Waals surface area contributed by atoms with Crippen molar-refractivity contribution in [2.75, 3.05) is 5.73 Å². The van der Waals surface area contributed by atoms with E-state index >= 15 is 0 Å². The van der Waals surface area contributed by atoms with Gasteiger partial charge in [0, 0.05) is 11.8 Å². The molecule has 6 heteroatoms. The first-order chi connectivity index (χ1) is 7.59. The first kappa shape index (κ1) is 11.0. The molecule has 2 rings (SSSR count). The molecule has 0 unspecified atom stereocenters. The zero-order chi connectivity index (χ0) is 11.7. The second-order valence-electron chi connectivity index (χ2n) is 3.11. The lowest BCUT2D eigenvalue weighted by Gasteiger charge is -2.04. The van der Waals surface area contributed by atoms with E-state index in [1.807, 2.05) is 0 Å². The summed E-state index contributed by atoms with van der Waals surface area (Å²) in [5, 5.41) is 0.705. The van der Waals surface area contributed by atoms with Crippen molar-refractivity contribution in [3.63, 3.8) is 0 Å². The second kappa shape index (κ2) is 4.15. The van der Waals surface area contributed by atoms with Crippen LogP contribution in [0.3, 0.4) is 0 Å². The first-order valence-corrected chi connectivity index (χ1v) is 5.14. The molecule has 3 N–H and O–H groups in total. The molecule has 0 aliphatic rings. The lowest BCUT2D eigenvalue weighted by atomic mass is 10.1. The SMILES string of the molecule is Nc1ncc(-c2cccc(Cl)c2Cl)c(=O)[nH]1. The molecule has 0 fully saturated rings. The van der Waals surface area contributed by atoms with E-state index in [4.69, 9.17) is 28.9 Å². The fourth-order valence-electron chi connectivity index (χ4n) is 1.31. The monoisotopic (exact) mass is 255 g/mol. The van der Waals surface area contributed by atoms with Gasteiger partial charge in [-0.3, -0.25) is 9.78 Å². The summed E-state index contributed by atoms with van der Waals surface area (Å²) in [5.74, 6) is 0.0619. The maximum absolute atomic E-state index is 11.6. The fraction of sp³-hybridized carbons (Fsp3) is 0. The van der Waals surface area contributed by atoms with Crippen molar-refractivity contribution in [2.24, 2.45) is 0 Å². The third-order valence-corrected chi connectivity index (χ3v) is 2.88. The molecule has 0 saturated carbocycles. The van der Waals surface area contributed by atoms with Crippen LogP contribution in [0.15, 0.2) is 29.2 Å². The van der Waals surface area contributed by atoms with Crippen LogP contribution in [0.2, 0.25) is 10.0 Å². The van der Waals surface area contributed by atoms with Gasteiger partial charge in [0.25, 0.3) is 5.56 Å². The predicted molar refractivity (Wildman–Crippen MR) is 64.7 cm³/mol. The molecule has 4 nitrogen and oxygen atoms in total. The number of aromatic nitrogens is 2. The zero-order valence-corrected chi connectivity index (χ0v) is 9.51. The summed E-state index contributed by atoms with van der Waals surface area (Å²) in [4.78, 5) is 17.8. The van der Waals surface area contributed by atoms with Crippen LogP contribution >= 0.6 is 23.2 Å². The Balaban J connectivity index is 2.68. The Morgan fingerprint density at radius 3 is 2.69 bits per heavy atom. The van der Waals surface area contributed by atoms with Gasteiger partial charge in [-0.2, -0.15) is 0 Å². The summed E-state index contributed by atoms with van der Waals surface area (Å²) >= 11 is 11.9. The zero-order valence-electron chi connectivity index (χ0n) is 8.00. The van der Waals surface area contributed by atoms with Gasteiger partial charge < -0.3 is 5.73 Å². The minimum Gasteiger partial charge on any atom is -0.369 e. The molecule has 1 aromatic carbocycles. The molecule has 1 aromatic heterocycles. The number of nitrogens with one attached hydrogen (secondary N) is 1. The number of aromatic amines is 1. The number of nitrogens with two attached hydrogens (primary N) is 1. The average molecular weight is 256 g/mol. The van der Waals surface area contributed by atoms with Crippen LogP contribution in [0, 0.1) is 0 Å². The fourth-order valence-corrected chi connectivity index (χ4v) is 1.71. The lowest BCUT2D eigenvalue weighted by molar-refractivity contribution is 1.14. The molecule has 0 radical (unpaired) electrons. The second-order valence-corrected chi connectivity index (χ2v) is 3.90. The molecule has 2 aromatic rings. The number of rotatable bonds is 1. The van der Waals surface area contributed by atoms with E-state index in [-0.39, 0.29) is 11.5 Å². The van der Waals surface area contributed by atoms with Gasteiger partial charge >= 0.3 is 0 Å². The average Bonchev–Trinajstić information content (AvgIpc) is 2.23. The van der Waals surface area contributed by atoms with Crippen molar-refractivity contribution >= 4 is 29.2 Å². The van der Waals surface area contributed by atoms with Gasteiger partial charge in [0.2, 0.25) is 0 Å².